The smallest absolute Gasteiger partial charge is 0.294 e. The predicted octanol–water partition coefficient (Wildman–Crippen LogP) is 3.89. The van der Waals surface area contributed by atoms with Crippen LogP contribution in [0.2, 0.25) is 0 Å². The fourth-order valence-electron chi connectivity index (χ4n) is 3.90. The molecule has 11 nitrogen and oxygen atoms in total. The van der Waals surface area contributed by atoms with Gasteiger partial charge in [-0.2, -0.15) is 4.98 Å². The van der Waals surface area contributed by atoms with Crippen molar-refractivity contribution in [1.29, 1.82) is 0 Å². The molecule has 186 valence electrons. The van der Waals surface area contributed by atoms with Crippen molar-refractivity contribution in [3.05, 3.63) is 70.5 Å². The number of ether oxygens (including phenoxy) is 1. The summed E-state index contributed by atoms with van der Waals surface area (Å²) in [4.78, 5) is 35.7. The quantitative estimate of drug-likeness (QED) is 0.201. The monoisotopic (exact) mass is 489 g/mol. The molecule has 11 heteroatoms. The highest BCUT2D eigenvalue weighted by Gasteiger charge is 2.22. The van der Waals surface area contributed by atoms with Gasteiger partial charge in [0.05, 0.1) is 23.2 Å². The van der Waals surface area contributed by atoms with Gasteiger partial charge in [0, 0.05) is 55.6 Å². The first-order valence-corrected chi connectivity index (χ1v) is 11.2. The first kappa shape index (κ1) is 24.6. The maximum atomic E-state index is 11.9. The van der Waals surface area contributed by atoms with Gasteiger partial charge < -0.3 is 24.4 Å². The zero-order valence-electron chi connectivity index (χ0n) is 20.5. The van der Waals surface area contributed by atoms with E-state index in [0.717, 1.165) is 23.7 Å². The highest BCUT2D eigenvalue weighted by molar-refractivity contribution is 5.98. The summed E-state index contributed by atoms with van der Waals surface area (Å²) < 4.78 is 7.34. The SMILES string of the molecule is COc1cc(N(C)CCN(C)C)c([N+](=O)[O-])cc1Nc1nccc(-n2cc(C=O)c3ccccc32)n1. The molecular formula is C25H27N7O4. The Morgan fingerprint density at radius 3 is 2.64 bits per heavy atom. The lowest BCUT2D eigenvalue weighted by molar-refractivity contribution is -0.384. The van der Waals surface area contributed by atoms with E-state index in [9.17, 15) is 14.9 Å². The molecule has 0 saturated heterocycles. The van der Waals surface area contributed by atoms with Gasteiger partial charge >= 0.3 is 0 Å². The Balaban J connectivity index is 1.71. The van der Waals surface area contributed by atoms with Crippen LogP contribution < -0.4 is 15.0 Å². The Morgan fingerprint density at radius 2 is 1.94 bits per heavy atom. The van der Waals surface area contributed by atoms with E-state index in [-0.39, 0.29) is 11.6 Å². The fourth-order valence-corrected chi connectivity index (χ4v) is 3.90. The molecule has 0 saturated carbocycles. The molecule has 4 aromatic rings. The van der Waals surface area contributed by atoms with Gasteiger partial charge in [0.1, 0.15) is 17.3 Å². The maximum Gasteiger partial charge on any atom is 0.294 e. The third-order valence-corrected chi connectivity index (χ3v) is 5.79. The van der Waals surface area contributed by atoms with Crippen LogP contribution in [0.25, 0.3) is 16.7 Å². The number of nitrogens with one attached hydrogen (secondary N) is 1. The van der Waals surface area contributed by atoms with Gasteiger partial charge in [0.15, 0.2) is 6.29 Å². The van der Waals surface area contributed by atoms with Crippen LogP contribution in [0.3, 0.4) is 0 Å². The molecule has 0 aliphatic heterocycles. The first-order chi connectivity index (χ1) is 17.3. The van der Waals surface area contributed by atoms with Crippen molar-refractivity contribution in [2.45, 2.75) is 0 Å². The summed E-state index contributed by atoms with van der Waals surface area (Å²) in [6, 6.07) is 12.3. The molecule has 0 aliphatic carbocycles. The van der Waals surface area contributed by atoms with Gasteiger partial charge in [0.25, 0.3) is 5.69 Å². The lowest BCUT2D eigenvalue weighted by atomic mass is 10.2. The molecule has 0 aliphatic rings. The first-order valence-electron chi connectivity index (χ1n) is 11.2. The van der Waals surface area contributed by atoms with Gasteiger partial charge in [0.2, 0.25) is 5.95 Å². The highest BCUT2D eigenvalue weighted by Crippen LogP contribution is 2.39. The number of hydrogen-bond acceptors (Lipinski definition) is 9. The number of methoxy groups -OCH3 is 1. The molecule has 0 bridgehead atoms. The van der Waals surface area contributed by atoms with E-state index in [2.05, 4.69) is 15.3 Å². The minimum Gasteiger partial charge on any atom is -0.494 e. The standard InChI is InChI=1S/C25H27N7O4/c1-29(2)11-12-30(3)21-14-23(36-4)19(13-22(21)32(34)35)27-25-26-10-9-24(28-25)31-15-17(16-33)18-7-5-6-8-20(18)31/h5-10,13-16H,11-12H2,1-4H3,(H,26,27,28). The van der Waals surface area contributed by atoms with Crippen LogP contribution in [0.4, 0.5) is 23.0 Å². The van der Waals surface area contributed by atoms with Crippen molar-refractivity contribution in [3.63, 3.8) is 0 Å². The van der Waals surface area contributed by atoms with Crippen molar-refractivity contribution in [1.82, 2.24) is 19.4 Å². The second kappa shape index (κ2) is 10.4. The number of rotatable bonds is 10. The van der Waals surface area contributed by atoms with Gasteiger partial charge in [-0.15, -0.1) is 0 Å². The Bertz CT molecular complexity index is 1420. The summed E-state index contributed by atoms with van der Waals surface area (Å²) in [5, 5.41) is 15.8. The van der Waals surface area contributed by atoms with Gasteiger partial charge in [-0.3, -0.25) is 14.9 Å². The Hall–Kier alpha value is -4.51. The van der Waals surface area contributed by atoms with Crippen molar-refractivity contribution in [2.24, 2.45) is 0 Å². The van der Waals surface area contributed by atoms with Crippen LogP contribution in [0.15, 0.2) is 54.9 Å². The number of carbonyl (C=O) groups excluding carboxylic acids is 1. The second-order valence-corrected chi connectivity index (χ2v) is 8.48. The zero-order chi connectivity index (χ0) is 25.8. The number of nitrogens with zero attached hydrogens (tertiary/aromatic N) is 6. The third-order valence-electron chi connectivity index (χ3n) is 5.79. The summed E-state index contributed by atoms with van der Waals surface area (Å²) >= 11 is 0. The van der Waals surface area contributed by atoms with Gasteiger partial charge in [-0.25, -0.2) is 4.98 Å². The molecule has 0 amide bonds. The average Bonchev–Trinajstić information content (AvgIpc) is 3.26. The minimum atomic E-state index is -0.420. The Kier molecular flexibility index (Phi) is 7.11. The zero-order valence-corrected chi connectivity index (χ0v) is 20.5. The topological polar surface area (TPSA) is 119 Å². The van der Waals surface area contributed by atoms with E-state index >= 15 is 0 Å². The summed E-state index contributed by atoms with van der Waals surface area (Å²) in [5.74, 6) is 1.17. The second-order valence-electron chi connectivity index (χ2n) is 8.48. The normalized spacial score (nSPS) is 11.0. The highest BCUT2D eigenvalue weighted by atomic mass is 16.6. The molecule has 0 radical (unpaired) electrons. The minimum absolute atomic E-state index is 0.0669. The van der Waals surface area contributed by atoms with E-state index in [1.807, 2.05) is 48.2 Å². The lowest BCUT2D eigenvalue weighted by Gasteiger charge is -2.22. The molecule has 0 spiro atoms. The number of aromatic nitrogens is 3. The largest absolute Gasteiger partial charge is 0.494 e. The number of para-hydroxylation sites is 1. The summed E-state index contributed by atoms with van der Waals surface area (Å²) in [5.41, 5.74) is 2.10. The molecule has 0 fully saturated rings. The van der Waals surface area contributed by atoms with Crippen LogP contribution in [0.5, 0.6) is 5.75 Å². The summed E-state index contributed by atoms with van der Waals surface area (Å²) in [6.45, 7) is 1.33. The van der Waals surface area contributed by atoms with Crippen LogP contribution in [-0.2, 0) is 0 Å². The number of hydrogen-bond donors (Lipinski definition) is 1. The number of nitro groups is 1. The lowest BCUT2D eigenvalue weighted by Crippen LogP contribution is -2.28. The van der Waals surface area contributed by atoms with E-state index in [1.165, 1.54) is 13.2 Å². The van der Waals surface area contributed by atoms with Crippen LogP contribution in [0.1, 0.15) is 10.4 Å². The maximum absolute atomic E-state index is 11.9. The molecule has 36 heavy (non-hydrogen) atoms. The van der Waals surface area contributed by atoms with Crippen molar-refractivity contribution in [3.8, 4) is 11.6 Å². The van der Waals surface area contributed by atoms with E-state index in [4.69, 9.17) is 4.74 Å². The fraction of sp³-hybridized carbons (Fsp3) is 0.240. The molecule has 0 atom stereocenters. The summed E-state index contributed by atoms with van der Waals surface area (Å²) in [6.07, 6.45) is 4.10. The van der Waals surface area contributed by atoms with Gasteiger partial charge in [-0.05, 0) is 26.2 Å². The third kappa shape index (κ3) is 4.96. The predicted molar refractivity (Wildman–Crippen MR) is 139 cm³/mol. The Morgan fingerprint density at radius 1 is 1.17 bits per heavy atom. The number of nitro benzene ring substituents is 1. The molecule has 2 aromatic heterocycles. The van der Waals surface area contributed by atoms with Crippen LogP contribution in [-0.4, -0.2) is 72.0 Å². The summed E-state index contributed by atoms with van der Waals surface area (Å²) in [7, 11) is 7.20. The van der Waals surface area contributed by atoms with Gasteiger partial charge in [-0.1, -0.05) is 18.2 Å². The molecular weight excluding hydrogens is 462 g/mol. The number of likely N-dealkylation sites (N-methyl/N-ethyl adjacent to an activating group) is 2. The number of aldehydes is 1. The molecule has 2 aromatic carbocycles. The van der Waals surface area contributed by atoms with E-state index in [1.54, 1.807) is 36.1 Å². The number of carbonyl (C=O) groups is 1. The van der Waals surface area contributed by atoms with E-state index < -0.39 is 4.92 Å². The van der Waals surface area contributed by atoms with Crippen LogP contribution >= 0.6 is 0 Å². The van der Waals surface area contributed by atoms with Crippen molar-refractivity contribution in [2.75, 3.05) is 51.6 Å². The van der Waals surface area contributed by atoms with Crippen molar-refractivity contribution < 1.29 is 14.5 Å². The number of fused-ring (bicyclic) bond motifs is 1. The molecule has 2 heterocycles. The molecule has 0 unspecified atom stereocenters. The number of benzene rings is 2. The average molecular weight is 490 g/mol. The Labute approximate surface area is 208 Å². The molecule has 1 N–H and O–H groups in total. The molecule has 4 rings (SSSR count). The van der Waals surface area contributed by atoms with Crippen LogP contribution in [0, 0.1) is 10.1 Å². The van der Waals surface area contributed by atoms with Crippen molar-refractivity contribution >= 4 is 40.2 Å². The number of anilines is 3. The van der Waals surface area contributed by atoms with E-state index in [0.29, 0.717) is 35.1 Å².